The highest BCUT2D eigenvalue weighted by atomic mass is 32.2. The molecule has 21 heavy (non-hydrogen) atoms. The molecule has 0 heterocycles. The van der Waals surface area contributed by atoms with Gasteiger partial charge in [0.15, 0.2) is 0 Å². The average Bonchev–Trinajstić information content (AvgIpc) is 3.21. The Morgan fingerprint density at radius 3 is 2.67 bits per heavy atom. The molecule has 0 radical (unpaired) electrons. The number of rotatable bonds is 8. The zero-order valence-electron chi connectivity index (χ0n) is 13.1. The molecule has 2 rings (SSSR count). The Balaban J connectivity index is 2.13. The van der Waals surface area contributed by atoms with Crippen LogP contribution in [0.4, 0.5) is 0 Å². The summed E-state index contributed by atoms with van der Waals surface area (Å²) in [5, 5.41) is 3.42. The van der Waals surface area contributed by atoms with Gasteiger partial charge in [0.25, 0.3) is 0 Å². The first-order valence-electron chi connectivity index (χ1n) is 7.77. The minimum atomic E-state index is -3.44. The first-order chi connectivity index (χ1) is 9.92. The van der Waals surface area contributed by atoms with Crippen LogP contribution in [0.2, 0.25) is 0 Å². The van der Waals surface area contributed by atoms with Crippen molar-refractivity contribution in [2.24, 2.45) is 0 Å². The smallest absolute Gasteiger partial charge is 0.241 e. The monoisotopic (exact) mass is 310 g/mol. The Bertz CT molecular complexity index is 580. The van der Waals surface area contributed by atoms with Crippen molar-refractivity contribution in [1.29, 1.82) is 0 Å². The van der Waals surface area contributed by atoms with Crippen LogP contribution in [0.25, 0.3) is 0 Å². The Labute approximate surface area is 128 Å². The van der Waals surface area contributed by atoms with Crippen LogP contribution in [0.3, 0.4) is 0 Å². The highest BCUT2D eigenvalue weighted by molar-refractivity contribution is 7.89. The molecule has 1 atom stereocenters. The second-order valence-electron chi connectivity index (χ2n) is 6.07. The Morgan fingerprint density at radius 2 is 2.05 bits per heavy atom. The maximum absolute atomic E-state index is 12.5. The van der Waals surface area contributed by atoms with Crippen molar-refractivity contribution >= 4 is 10.0 Å². The van der Waals surface area contributed by atoms with Gasteiger partial charge in [-0.05, 0) is 50.3 Å². The fourth-order valence-electron chi connectivity index (χ4n) is 2.41. The zero-order valence-corrected chi connectivity index (χ0v) is 14.0. The molecule has 4 nitrogen and oxygen atoms in total. The summed E-state index contributed by atoms with van der Waals surface area (Å²) in [7, 11) is -3.44. The van der Waals surface area contributed by atoms with Crippen LogP contribution in [-0.4, -0.2) is 20.5 Å². The molecule has 1 aromatic carbocycles. The molecule has 0 amide bonds. The lowest BCUT2D eigenvalue weighted by Crippen LogP contribution is -2.33. The Kier molecular flexibility index (Phi) is 5.41. The van der Waals surface area contributed by atoms with Crippen molar-refractivity contribution in [2.75, 3.05) is 0 Å². The fourth-order valence-corrected chi connectivity index (χ4v) is 3.99. The van der Waals surface area contributed by atoms with Gasteiger partial charge >= 0.3 is 0 Å². The van der Waals surface area contributed by atoms with E-state index in [1.165, 1.54) is 12.8 Å². The quantitative estimate of drug-likeness (QED) is 0.776. The third kappa shape index (κ3) is 4.80. The first-order valence-corrected chi connectivity index (χ1v) is 9.26. The van der Waals surface area contributed by atoms with Crippen LogP contribution in [0, 0.1) is 6.92 Å². The Morgan fingerprint density at radius 1 is 1.33 bits per heavy atom. The normalized spacial score (nSPS) is 16.9. The lowest BCUT2D eigenvalue weighted by atomic mass is 10.1. The van der Waals surface area contributed by atoms with Crippen LogP contribution in [0.1, 0.15) is 50.7 Å². The van der Waals surface area contributed by atoms with Crippen molar-refractivity contribution < 1.29 is 8.42 Å². The van der Waals surface area contributed by atoms with Gasteiger partial charge in [0, 0.05) is 18.6 Å². The van der Waals surface area contributed by atoms with Crippen molar-refractivity contribution in [3.8, 4) is 0 Å². The molecule has 0 spiro atoms. The predicted octanol–water partition coefficient (Wildman–Crippen LogP) is 2.71. The largest absolute Gasteiger partial charge is 0.310 e. The third-order valence-corrected chi connectivity index (χ3v) is 5.52. The molecule has 1 unspecified atom stereocenters. The summed E-state index contributed by atoms with van der Waals surface area (Å²) in [5.41, 5.74) is 1.82. The number of hydrogen-bond donors (Lipinski definition) is 2. The van der Waals surface area contributed by atoms with Gasteiger partial charge < -0.3 is 5.32 Å². The van der Waals surface area contributed by atoms with Crippen LogP contribution in [-0.2, 0) is 16.6 Å². The standard InChI is InChI=1S/C16H26N2O2S/c1-4-5-13(3)18-21(19,20)16-10-14(7-6-12(16)2)11-17-15-8-9-15/h6-7,10,13,15,17-18H,4-5,8-9,11H2,1-3H3. The van der Waals surface area contributed by atoms with E-state index in [9.17, 15) is 8.42 Å². The third-order valence-electron chi connectivity index (χ3n) is 3.79. The van der Waals surface area contributed by atoms with Gasteiger partial charge in [-0.2, -0.15) is 0 Å². The second kappa shape index (κ2) is 6.90. The molecule has 1 aliphatic rings. The molecule has 0 aliphatic heterocycles. The van der Waals surface area contributed by atoms with Crippen molar-refractivity contribution in [3.63, 3.8) is 0 Å². The molecule has 2 N–H and O–H groups in total. The summed E-state index contributed by atoms with van der Waals surface area (Å²) in [5.74, 6) is 0. The maximum Gasteiger partial charge on any atom is 0.241 e. The highest BCUT2D eigenvalue weighted by Gasteiger charge is 2.22. The molecule has 1 aliphatic carbocycles. The number of aryl methyl sites for hydroxylation is 1. The average molecular weight is 310 g/mol. The van der Waals surface area contributed by atoms with Crippen LogP contribution in [0.5, 0.6) is 0 Å². The second-order valence-corrected chi connectivity index (χ2v) is 7.75. The molecule has 118 valence electrons. The summed E-state index contributed by atoms with van der Waals surface area (Å²) >= 11 is 0. The van der Waals surface area contributed by atoms with Crippen molar-refractivity contribution in [1.82, 2.24) is 10.0 Å². The highest BCUT2D eigenvalue weighted by Crippen LogP contribution is 2.21. The fraction of sp³-hybridized carbons (Fsp3) is 0.625. The number of hydrogen-bond acceptors (Lipinski definition) is 3. The molecule has 0 aromatic heterocycles. The summed E-state index contributed by atoms with van der Waals surface area (Å²) < 4.78 is 27.8. The van der Waals surface area contributed by atoms with Crippen LogP contribution < -0.4 is 10.0 Å². The van der Waals surface area contributed by atoms with E-state index in [4.69, 9.17) is 0 Å². The van der Waals surface area contributed by atoms with Gasteiger partial charge in [-0.25, -0.2) is 13.1 Å². The van der Waals surface area contributed by atoms with E-state index in [1.54, 1.807) is 6.07 Å². The van der Waals surface area contributed by atoms with E-state index in [0.29, 0.717) is 10.9 Å². The van der Waals surface area contributed by atoms with Gasteiger partial charge in [-0.15, -0.1) is 0 Å². The van der Waals surface area contributed by atoms with Gasteiger partial charge in [-0.3, -0.25) is 0 Å². The topological polar surface area (TPSA) is 58.2 Å². The summed E-state index contributed by atoms with van der Waals surface area (Å²) in [6.07, 6.45) is 4.27. The number of benzene rings is 1. The van der Waals surface area contributed by atoms with Gasteiger partial charge in [-0.1, -0.05) is 25.5 Å². The SMILES string of the molecule is CCCC(C)NS(=O)(=O)c1cc(CNC2CC2)ccc1C. The molecule has 1 saturated carbocycles. The van der Waals surface area contributed by atoms with E-state index in [2.05, 4.69) is 17.0 Å². The molecular formula is C16H26N2O2S. The maximum atomic E-state index is 12.5. The summed E-state index contributed by atoms with van der Waals surface area (Å²) in [4.78, 5) is 0.403. The van der Waals surface area contributed by atoms with Crippen LogP contribution in [0.15, 0.2) is 23.1 Å². The summed E-state index contributed by atoms with van der Waals surface area (Å²) in [6, 6.07) is 6.27. The summed E-state index contributed by atoms with van der Waals surface area (Å²) in [6.45, 7) is 6.55. The predicted molar refractivity (Wildman–Crippen MR) is 85.7 cm³/mol. The number of sulfonamides is 1. The van der Waals surface area contributed by atoms with E-state index < -0.39 is 10.0 Å². The molecule has 0 saturated heterocycles. The van der Waals surface area contributed by atoms with E-state index >= 15 is 0 Å². The van der Waals surface area contributed by atoms with Gasteiger partial charge in [0.2, 0.25) is 10.0 Å². The van der Waals surface area contributed by atoms with E-state index in [0.717, 1.165) is 30.5 Å². The molecule has 5 heteroatoms. The molecule has 0 bridgehead atoms. The van der Waals surface area contributed by atoms with E-state index in [1.807, 2.05) is 26.0 Å². The first kappa shape index (κ1) is 16.5. The lowest BCUT2D eigenvalue weighted by molar-refractivity contribution is 0.543. The molecule has 1 fully saturated rings. The minimum Gasteiger partial charge on any atom is -0.310 e. The van der Waals surface area contributed by atoms with Gasteiger partial charge in [0.05, 0.1) is 4.90 Å². The number of nitrogens with one attached hydrogen (secondary N) is 2. The van der Waals surface area contributed by atoms with Crippen molar-refractivity contribution in [2.45, 2.75) is 70.0 Å². The Hall–Kier alpha value is -0.910. The molecular weight excluding hydrogens is 284 g/mol. The van der Waals surface area contributed by atoms with Gasteiger partial charge in [0.1, 0.15) is 0 Å². The minimum absolute atomic E-state index is 0.0346. The molecule has 1 aromatic rings. The van der Waals surface area contributed by atoms with Crippen molar-refractivity contribution in [3.05, 3.63) is 29.3 Å². The van der Waals surface area contributed by atoms with E-state index in [-0.39, 0.29) is 6.04 Å². The lowest BCUT2D eigenvalue weighted by Gasteiger charge is -2.15. The van der Waals surface area contributed by atoms with Crippen LogP contribution >= 0.6 is 0 Å². The zero-order chi connectivity index (χ0) is 15.5.